The van der Waals surface area contributed by atoms with Gasteiger partial charge in [0, 0.05) is 18.6 Å². The predicted octanol–water partition coefficient (Wildman–Crippen LogP) is 1.05. The van der Waals surface area contributed by atoms with Crippen LogP contribution in [0, 0.1) is 6.92 Å². The summed E-state index contributed by atoms with van der Waals surface area (Å²) in [5, 5.41) is 0. The molecule has 5 nitrogen and oxygen atoms in total. The summed E-state index contributed by atoms with van der Waals surface area (Å²) in [7, 11) is 0. The molecule has 0 aromatic carbocycles. The van der Waals surface area contributed by atoms with Gasteiger partial charge in [0.2, 0.25) is 0 Å². The van der Waals surface area contributed by atoms with E-state index in [2.05, 4.69) is 25.9 Å². The van der Waals surface area contributed by atoms with Gasteiger partial charge in [-0.25, -0.2) is 4.79 Å². The first kappa shape index (κ1) is 11.8. The summed E-state index contributed by atoms with van der Waals surface area (Å²) in [6.07, 6.45) is 4.91. The second kappa shape index (κ2) is 4.67. The smallest absolute Gasteiger partial charge is 0.295 e. The monoisotopic (exact) mass is 295 g/mol. The van der Waals surface area contributed by atoms with Crippen molar-refractivity contribution in [3.05, 3.63) is 61.1 Å². The van der Waals surface area contributed by atoms with E-state index in [1.54, 1.807) is 12.4 Å². The Labute approximate surface area is 105 Å². The molecule has 0 bridgehead atoms. The minimum absolute atomic E-state index is 0.331. The molecule has 2 heterocycles. The third kappa shape index (κ3) is 2.71. The van der Waals surface area contributed by atoms with Crippen molar-refractivity contribution in [2.24, 2.45) is 0 Å². The maximum absolute atomic E-state index is 11.5. The molecule has 1 N–H and O–H groups in total. The number of halogens is 1. The number of nitrogens with zero attached hydrogens (tertiary/aromatic N) is 2. The lowest BCUT2D eigenvalue weighted by atomic mass is 10.2. The van der Waals surface area contributed by atoms with Gasteiger partial charge in [0.15, 0.2) is 0 Å². The maximum atomic E-state index is 11.5. The van der Waals surface area contributed by atoms with E-state index in [1.165, 1.54) is 10.8 Å². The molecule has 0 unspecified atom stereocenters. The highest BCUT2D eigenvalue weighted by atomic mass is 79.9. The van der Waals surface area contributed by atoms with Crippen molar-refractivity contribution in [1.82, 2.24) is 14.5 Å². The summed E-state index contributed by atoms with van der Waals surface area (Å²) in [5.74, 6) is 0. The number of rotatable bonds is 2. The van der Waals surface area contributed by atoms with E-state index in [-0.39, 0.29) is 0 Å². The zero-order valence-corrected chi connectivity index (χ0v) is 10.7. The van der Waals surface area contributed by atoms with E-state index in [4.69, 9.17) is 0 Å². The number of aromatic nitrogens is 3. The lowest BCUT2D eigenvalue weighted by Crippen LogP contribution is -2.30. The minimum atomic E-state index is -0.431. The maximum Gasteiger partial charge on any atom is 0.328 e. The molecule has 17 heavy (non-hydrogen) atoms. The number of aryl methyl sites for hydroxylation is 1. The van der Waals surface area contributed by atoms with Crippen LogP contribution >= 0.6 is 15.9 Å². The van der Waals surface area contributed by atoms with Gasteiger partial charge in [-0.2, -0.15) is 0 Å². The quantitative estimate of drug-likeness (QED) is 0.900. The second-order valence-corrected chi connectivity index (χ2v) is 4.59. The molecular weight excluding hydrogens is 286 g/mol. The average molecular weight is 296 g/mol. The third-order valence-electron chi connectivity index (χ3n) is 2.25. The summed E-state index contributed by atoms with van der Waals surface area (Å²) in [6, 6.07) is 1.94. The predicted molar refractivity (Wildman–Crippen MR) is 67.1 cm³/mol. The van der Waals surface area contributed by atoms with Gasteiger partial charge in [-0.15, -0.1) is 0 Å². The van der Waals surface area contributed by atoms with Crippen molar-refractivity contribution < 1.29 is 0 Å². The Morgan fingerprint density at radius 2 is 2.18 bits per heavy atom. The van der Waals surface area contributed by atoms with E-state index < -0.39 is 11.2 Å². The molecule has 2 aromatic heterocycles. The Hall–Kier alpha value is -1.69. The molecule has 0 spiro atoms. The van der Waals surface area contributed by atoms with Crippen molar-refractivity contribution in [2.45, 2.75) is 13.5 Å². The van der Waals surface area contributed by atoms with Crippen molar-refractivity contribution in [2.75, 3.05) is 0 Å². The first-order valence-corrected chi connectivity index (χ1v) is 5.75. The Morgan fingerprint density at radius 1 is 1.41 bits per heavy atom. The van der Waals surface area contributed by atoms with Gasteiger partial charge in [-0.05, 0) is 34.0 Å². The third-order valence-corrected chi connectivity index (χ3v) is 2.82. The van der Waals surface area contributed by atoms with E-state index in [0.717, 1.165) is 11.1 Å². The number of nitrogens with one attached hydrogen (secondary N) is 1. The van der Waals surface area contributed by atoms with Gasteiger partial charge in [-0.1, -0.05) is 6.07 Å². The molecule has 0 amide bonds. The summed E-state index contributed by atoms with van der Waals surface area (Å²) in [5.41, 5.74) is 1.08. The van der Waals surface area contributed by atoms with Crippen LogP contribution in [-0.4, -0.2) is 14.5 Å². The molecule has 0 saturated carbocycles. The topological polar surface area (TPSA) is 67.8 Å². The normalized spacial score (nSPS) is 10.5. The van der Waals surface area contributed by atoms with Gasteiger partial charge < -0.3 is 0 Å². The van der Waals surface area contributed by atoms with Crippen LogP contribution in [0.5, 0.6) is 0 Å². The molecule has 0 saturated heterocycles. The Kier molecular flexibility index (Phi) is 3.23. The number of H-pyrrole nitrogens is 1. The van der Waals surface area contributed by atoms with Gasteiger partial charge in [0.25, 0.3) is 5.56 Å². The molecule has 88 valence electrons. The molecule has 0 aliphatic carbocycles. The number of hydrogen-bond donors (Lipinski definition) is 1. The van der Waals surface area contributed by atoms with Crippen LogP contribution in [0.3, 0.4) is 0 Å². The largest absolute Gasteiger partial charge is 0.328 e. The van der Waals surface area contributed by atoms with Crippen molar-refractivity contribution in [1.29, 1.82) is 0 Å². The zero-order valence-electron chi connectivity index (χ0n) is 9.11. The summed E-state index contributed by atoms with van der Waals surface area (Å²) in [6.45, 7) is 2.31. The van der Waals surface area contributed by atoms with E-state index >= 15 is 0 Å². The SMILES string of the molecule is Cc1cncc(Cn2cc(Br)c(=O)[nH]c2=O)c1. The van der Waals surface area contributed by atoms with Crippen LogP contribution < -0.4 is 11.2 Å². The van der Waals surface area contributed by atoms with Gasteiger partial charge in [0.1, 0.15) is 0 Å². The van der Waals surface area contributed by atoms with Gasteiger partial charge >= 0.3 is 5.69 Å². The summed E-state index contributed by atoms with van der Waals surface area (Å²) < 4.78 is 1.75. The van der Waals surface area contributed by atoms with Crippen LogP contribution in [0.4, 0.5) is 0 Å². The lowest BCUT2D eigenvalue weighted by molar-refractivity contribution is 0.713. The van der Waals surface area contributed by atoms with E-state index in [1.807, 2.05) is 13.0 Å². The average Bonchev–Trinajstić information content (AvgIpc) is 2.26. The van der Waals surface area contributed by atoms with E-state index in [0.29, 0.717) is 11.0 Å². The van der Waals surface area contributed by atoms with Gasteiger partial charge in [-0.3, -0.25) is 19.3 Å². The standard InChI is InChI=1S/C11H10BrN3O2/c1-7-2-8(4-13-3-7)5-15-6-9(12)10(16)14-11(15)17/h2-4,6H,5H2,1H3,(H,14,16,17). The van der Waals surface area contributed by atoms with Crippen LogP contribution in [0.2, 0.25) is 0 Å². The Morgan fingerprint density at radius 3 is 2.88 bits per heavy atom. The molecule has 6 heteroatoms. The number of aromatic amines is 1. The van der Waals surface area contributed by atoms with Gasteiger partial charge in [0.05, 0.1) is 11.0 Å². The summed E-state index contributed by atoms with van der Waals surface area (Å²) >= 11 is 3.09. The first-order valence-electron chi connectivity index (χ1n) is 4.96. The number of pyridine rings is 1. The highest BCUT2D eigenvalue weighted by Crippen LogP contribution is 2.04. The highest BCUT2D eigenvalue weighted by Gasteiger charge is 2.03. The van der Waals surface area contributed by atoms with Crippen molar-refractivity contribution >= 4 is 15.9 Å². The Balaban J connectivity index is 2.40. The van der Waals surface area contributed by atoms with Crippen LogP contribution in [0.15, 0.2) is 38.7 Å². The molecule has 0 fully saturated rings. The molecule has 0 atom stereocenters. The molecule has 0 aliphatic heterocycles. The Bertz CT molecular complexity index is 660. The minimum Gasteiger partial charge on any atom is -0.295 e. The van der Waals surface area contributed by atoms with E-state index in [9.17, 15) is 9.59 Å². The molecule has 2 rings (SSSR count). The fourth-order valence-electron chi connectivity index (χ4n) is 1.50. The molecule has 2 aromatic rings. The second-order valence-electron chi connectivity index (χ2n) is 3.73. The van der Waals surface area contributed by atoms with Crippen molar-refractivity contribution in [3.8, 4) is 0 Å². The van der Waals surface area contributed by atoms with Crippen LogP contribution in [0.25, 0.3) is 0 Å². The lowest BCUT2D eigenvalue weighted by Gasteiger charge is -2.05. The molecule has 0 aliphatic rings. The fourth-order valence-corrected chi connectivity index (χ4v) is 1.85. The fraction of sp³-hybridized carbons (Fsp3) is 0.182. The number of hydrogen-bond acceptors (Lipinski definition) is 3. The highest BCUT2D eigenvalue weighted by molar-refractivity contribution is 9.10. The zero-order chi connectivity index (χ0) is 12.4. The molecule has 0 radical (unpaired) electrons. The summed E-state index contributed by atoms with van der Waals surface area (Å²) in [4.78, 5) is 29.0. The van der Waals surface area contributed by atoms with Crippen molar-refractivity contribution in [3.63, 3.8) is 0 Å². The van der Waals surface area contributed by atoms with Crippen LogP contribution in [0.1, 0.15) is 11.1 Å². The molecular formula is C11H10BrN3O2. The first-order chi connectivity index (χ1) is 8.06. The van der Waals surface area contributed by atoms with Crippen LogP contribution in [-0.2, 0) is 6.54 Å².